The molecular weight excluding hydrogens is 622 g/mol. The fourth-order valence-electron chi connectivity index (χ4n) is 5.39. The fourth-order valence-corrected chi connectivity index (χ4v) is 5.39. The standard InChI is InChI=1S/C33H51N7O8/c1-41-16-12-39(13-17-42-2)32-35-29-28(30(36-32)38-10-8-25(45-5)9-11-38)34-33(40(14-18-43-3)15-19-44-4)37-31(29)48-23-24-20-26(46-6)22-27(21-24)47-7/h20-22,25H,8-19,23H2,1-7H3. The summed E-state index contributed by atoms with van der Waals surface area (Å²) in [4.78, 5) is 26.6. The molecule has 3 aromatic rings. The van der Waals surface area contributed by atoms with Crippen LogP contribution in [0.4, 0.5) is 17.7 Å². The first-order valence-electron chi connectivity index (χ1n) is 16.2. The first-order chi connectivity index (χ1) is 23.5. The van der Waals surface area contributed by atoms with Crippen LogP contribution in [0, 0.1) is 0 Å². The molecule has 1 aliphatic heterocycles. The number of fused-ring (bicyclic) bond motifs is 1. The maximum Gasteiger partial charge on any atom is 0.246 e. The van der Waals surface area contributed by atoms with Crippen LogP contribution in [0.5, 0.6) is 17.4 Å². The molecular formula is C33H51N7O8. The molecule has 0 amide bonds. The van der Waals surface area contributed by atoms with Crippen LogP contribution >= 0.6 is 0 Å². The van der Waals surface area contributed by atoms with E-state index < -0.39 is 0 Å². The predicted octanol–water partition coefficient (Wildman–Crippen LogP) is 2.83. The van der Waals surface area contributed by atoms with Gasteiger partial charge in [-0.2, -0.15) is 9.97 Å². The Morgan fingerprint density at radius 3 is 1.62 bits per heavy atom. The van der Waals surface area contributed by atoms with Gasteiger partial charge in [0.25, 0.3) is 0 Å². The number of rotatable bonds is 21. The van der Waals surface area contributed by atoms with E-state index >= 15 is 0 Å². The largest absolute Gasteiger partial charge is 0.497 e. The monoisotopic (exact) mass is 673 g/mol. The molecule has 1 saturated heterocycles. The molecule has 0 unspecified atom stereocenters. The zero-order valence-corrected chi connectivity index (χ0v) is 29.4. The van der Waals surface area contributed by atoms with Gasteiger partial charge in [0.2, 0.25) is 17.8 Å². The van der Waals surface area contributed by atoms with Crippen LogP contribution in [0.15, 0.2) is 18.2 Å². The van der Waals surface area contributed by atoms with Gasteiger partial charge < -0.3 is 52.6 Å². The van der Waals surface area contributed by atoms with E-state index in [-0.39, 0.29) is 12.7 Å². The van der Waals surface area contributed by atoms with E-state index in [1.807, 2.05) is 28.0 Å². The van der Waals surface area contributed by atoms with Gasteiger partial charge in [-0.25, -0.2) is 9.97 Å². The Kier molecular flexibility index (Phi) is 14.9. The molecule has 0 atom stereocenters. The van der Waals surface area contributed by atoms with Crippen LogP contribution in [-0.4, -0.2) is 142 Å². The molecule has 1 aliphatic rings. The summed E-state index contributed by atoms with van der Waals surface area (Å²) in [6.07, 6.45) is 1.92. The molecule has 266 valence electrons. The van der Waals surface area contributed by atoms with E-state index in [9.17, 15) is 0 Å². The Labute approximate surface area is 283 Å². The number of nitrogens with zero attached hydrogens (tertiary/aromatic N) is 7. The van der Waals surface area contributed by atoms with Crippen molar-refractivity contribution < 1.29 is 37.9 Å². The minimum absolute atomic E-state index is 0.181. The van der Waals surface area contributed by atoms with Crippen molar-refractivity contribution >= 4 is 28.7 Å². The second-order valence-electron chi connectivity index (χ2n) is 11.3. The number of ether oxygens (including phenoxy) is 8. The number of methoxy groups -OCH3 is 7. The van der Waals surface area contributed by atoms with Crippen LogP contribution in [-0.2, 0) is 30.3 Å². The third-order valence-corrected chi connectivity index (χ3v) is 8.16. The van der Waals surface area contributed by atoms with E-state index in [0.29, 0.717) is 98.7 Å². The van der Waals surface area contributed by atoms with Crippen molar-refractivity contribution in [1.29, 1.82) is 0 Å². The number of benzene rings is 1. The first kappa shape index (κ1) is 37.1. The van der Waals surface area contributed by atoms with Crippen LogP contribution in [0.25, 0.3) is 11.0 Å². The van der Waals surface area contributed by atoms with E-state index in [0.717, 1.165) is 31.5 Å². The van der Waals surface area contributed by atoms with Gasteiger partial charge in [0.05, 0.1) is 46.8 Å². The lowest BCUT2D eigenvalue weighted by Gasteiger charge is -2.33. The summed E-state index contributed by atoms with van der Waals surface area (Å²) < 4.78 is 44.9. The number of aromatic nitrogens is 4. The van der Waals surface area contributed by atoms with Crippen LogP contribution in [0.1, 0.15) is 18.4 Å². The minimum atomic E-state index is 0.181. The van der Waals surface area contributed by atoms with E-state index in [1.165, 1.54) is 0 Å². The molecule has 15 nitrogen and oxygen atoms in total. The Bertz CT molecular complexity index is 1370. The minimum Gasteiger partial charge on any atom is -0.497 e. The van der Waals surface area contributed by atoms with Crippen molar-refractivity contribution in [1.82, 2.24) is 19.9 Å². The van der Waals surface area contributed by atoms with Crippen molar-refractivity contribution in [2.75, 3.05) is 130 Å². The highest BCUT2D eigenvalue weighted by atomic mass is 16.5. The molecule has 0 bridgehead atoms. The summed E-state index contributed by atoms with van der Waals surface area (Å²) in [6, 6.07) is 5.62. The highest BCUT2D eigenvalue weighted by molar-refractivity contribution is 5.91. The molecule has 4 rings (SSSR count). The van der Waals surface area contributed by atoms with Gasteiger partial charge in [0.1, 0.15) is 23.6 Å². The Morgan fingerprint density at radius 2 is 1.15 bits per heavy atom. The molecule has 48 heavy (non-hydrogen) atoms. The van der Waals surface area contributed by atoms with Gasteiger partial charge in [0.15, 0.2) is 11.3 Å². The molecule has 1 aromatic carbocycles. The molecule has 2 aromatic heterocycles. The predicted molar refractivity (Wildman–Crippen MR) is 183 cm³/mol. The lowest BCUT2D eigenvalue weighted by Crippen LogP contribution is -2.38. The van der Waals surface area contributed by atoms with Crippen molar-refractivity contribution in [3.63, 3.8) is 0 Å². The average molecular weight is 674 g/mol. The van der Waals surface area contributed by atoms with Gasteiger partial charge in [-0.15, -0.1) is 0 Å². The molecule has 0 saturated carbocycles. The topological polar surface area (TPSA) is 135 Å². The van der Waals surface area contributed by atoms with Crippen LogP contribution in [0.3, 0.4) is 0 Å². The van der Waals surface area contributed by atoms with Crippen molar-refractivity contribution in [2.24, 2.45) is 0 Å². The summed E-state index contributed by atoms with van der Waals surface area (Å²) in [5, 5.41) is 0. The van der Waals surface area contributed by atoms with Gasteiger partial charge >= 0.3 is 0 Å². The maximum atomic E-state index is 6.53. The summed E-state index contributed by atoms with van der Waals surface area (Å²) in [5.41, 5.74) is 1.94. The number of anilines is 3. The zero-order valence-electron chi connectivity index (χ0n) is 29.4. The van der Waals surface area contributed by atoms with Gasteiger partial charge in [-0.3, -0.25) is 0 Å². The molecule has 0 aliphatic carbocycles. The maximum absolute atomic E-state index is 6.53. The smallest absolute Gasteiger partial charge is 0.246 e. The third-order valence-electron chi connectivity index (χ3n) is 8.16. The van der Waals surface area contributed by atoms with Gasteiger partial charge in [-0.05, 0) is 30.5 Å². The average Bonchev–Trinajstić information content (AvgIpc) is 3.13. The van der Waals surface area contributed by atoms with Crippen molar-refractivity contribution in [3.05, 3.63) is 23.8 Å². The molecule has 1 fully saturated rings. The van der Waals surface area contributed by atoms with Crippen LogP contribution in [0.2, 0.25) is 0 Å². The second kappa shape index (κ2) is 19.3. The molecule has 0 spiro atoms. The highest BCUT2D eigenvalue weighted by Gasteiger charge is 2.27. The summed E-state index contributed by atoms with van der Waals surface area (Å²) in [5.74, 6) is 3.33. The van der Waals surface area contributed by atoms with Crippen LogP contribution < -0.4 is 28.9 Å². The highest BCUT2D eigenvalue weighted by Crippen LogP contribution is 2.34. The lowest BCUT2D eigenvalue weighted by atomic mass is 10.1. The van der Waals surface area contributed by atoms with Gasteiger partial charge in [0, 0.05) is 80.9 Å². The summed E-state index contributed by atoms with van der Waals surface area (Å²) in [6.45, 7) is 5.84. The first-order valence-corrected chi connectivity index (χ1v) is 16.2. The fraction of sp³-hybridized carbons (Fsp3) is 0.636. The quantitative estimate of drug-likeness (QED) is 0.164. The van der Waals surface area contributed by atoms with E-state index in [1.54, 1.807) is 49.8 Å². The molecule has 15 heteroatoms. The summed E-state index contributed by atoms with van der Waals surface area (Å²) in [7, 11) is 11.7. The van der Waals surface area contributed by atoms with E-state index in [2.05, 4.69) is 4.90 Å². The molecule has 0 radical (unpaired) electrons. The number of hydrogen-bond donors (Lipinski definition) is 0. The Balaban J connectivity index is 1.90. The van der Waals surface area contributed by atoms with Gasteiger partial charge in [-0.1, -0.05) is 0 Å². The normalized spacial score (nSPS) is 13.6. The van der Waals surface area contributed by atoms with E-state index in [4.69, 9.17) is 57.8 Å². The van der Waals surface area contributed by atoms with Crippen molar-refractivity contribution in [3.8, 4) is 17.4 Å². The third kappa shape index (κ3) is 9.89. The number of hydrogen-bond acceptors (Lipinski definition) is 15. The zero-order chi connectivity index (χ0) is 34.3. The second-order valence-corrected chi connectivity index (χ2v) is 11.3. The Morgan fingerprint density at radius 1 is 0.646 bits per heavy atom. The summed E-state index contributed by atoms with van der Waals surface area (Å²) >= 11 is 0. The Hall–Kier alpha value is -3.76. The molecule has 0 N–H and O–H groups in total. The SMILES string of the molecule is COCCN(CCOC)c1nc(N2CCC(OC)CC2)c2nc(N(CCOC)CCOC)nc(OCc3cc(OC)cc(OC)c3)c2n1. The number of piperidine rings is 1. The molecule has 3 heterocycles. The van der Waals surface area contributed by atoms with Crippen molar-refractivity contribution in [2.45, 2.75) is 25.6 Å². The lowest BCUT2D eigenvalue weighted by molar-refractivity contribution is 0.0818.